The number of aliphatic hydroxyl groups is 1. The van der Waals surface area contributed by atoms with Crippen molar-refractivity contribution in [1.82, 2.24) is 4.90 Å². The predicted octanol–water partition coefficient (Wildman–Crippen LogP) is 2.33. The van der Waals surface area contributed by atoms with Gasteiger partial charge in [0, 0.05) is 11.5 Å². The zero-order chi connectivity index (χ0) is 15.9. The lowest BCUT2D eigenvalue weighted by Crippen LogP contribution is -2.47. The van der Waals surface area contributed by atoms with Crippen molar-refractivity contribution < 1.29 is 19.0 Å². The van der Waals surface area contributed by atoms with Gasteiger partial charge >= 0.3 is 0 Å². The molecule has 5 heteroatoms. The van der Waals surface area contributed by atoms with Crippen molar-refractivity contribution in [3.63, 3.8) is 0 Å². The van der Waals surface area contributed by atoms with Gasteiger partial charge in [0.05, 0.1) is 20.3 Å². The summed E-state index contributed by atoms with van der Waals surface area (Å²) in [5, 5.41) is 10.0. The van der Waals surface area contributed by atoms with Crippen molar-refractivity contribution in [1.29, 1.82) is 0 Å². The third-order valence-electron chi connectivity index (χ3n) is 5.51. The van der Waals surface area contributed by atoms with E-state index in [2.05, 4.69) is 11.9 Å². The van der Waals surface area contributed by atoms with Crippen molar-refractivity contribution in [3.8, 4) is 11.5 Å². The molecule has 0 amide bonds. The highest BCUT2D eigenvalue weighted by atomic mass is 19.1. The van der Waals surface area contributed by atoms with Crippen LogP contribution in [0.25, 0.3) is 0 Å². The molecule has 1 aromatic rings. The molecule has 2 fully saturated rings. The fraction of sp³-hybridized carbons (Fsp3) is 0.647. The van der Waals surface area contributed by atoms with Crippen LogP contribution in [0.4, 0.5) is 4.39 Å². The molecule has 1 aliphatic heterocycles. The molecule has 1 heterocycles. The molecule has 22 heavy (non-hydrogen) atoms. The SMILES string of the molecule is COc1cc([C@@]23CC[C@@H](O)C[C@@H]2N(C)CC3)cc(F)c1OC. The van der Waals surface area contributed by atoms with Crippen LogP contribution in [0.1, 0.15) is 31.2 Å². The van der Waals surface area contributed by atoms with Crippen molar-refractivity contribution in [2.75, 3.05) is 27.8 Å². The number of benzene rings is 1. The minimum absolute atomic E-state index is 0.103. The van der Waals surface area contributed by atoms with Crippen LogP contribution in [0.15, 0.2) is 12.1 Å². The van der Waals surface area contributed by atoms with Crippen molar-refractivity contribution >= 4 is 0 Å². The molecular formula is C17H24FNO3. The van der Waals surface area contributed by atoms with Gasteiger partial charge in [-0.25, -0.2) is 4.39 Å². The fourth-order valence-electron chi connectivity index (χ4n) is 4.30. The molecule has 1 N–H and O–H groups in total. The summed E-state index contributed by atoms with van der Waals surface area (Å²) in [6, 6.07) is 3.74. The van der Waals surface area contributed by atoms with E-state index < -0.39 is 0 Å². The lowest BCUT2D eigenvalue weighted by atomic mass is 9.65. The van der Waals surface area contributed by atoms with Crippen molar-refractivity contribution in [2.45, 2.75) is 43.2 Å². The third-order valence-corrected chi connectivity index (χ3v) is 5.51. The summed E-state index contributed by atoms with van der Waals surface area (Å²) < 4.78 is 24.8. The second-order valence-corrected chi connectivity index (χ2v) is 6.52. The Morgan fingerprint density at radius 3 is 2.73 bits per heavy atom. The number of aliphatic hydroxyl groups excluding tert-OH is 1. The summed E-state index contributed by atoms with van der Waals surface area (Å²) in [5.74, 6) is 0.207. The molecule has 1 aromatic carbocycles. The first-order chi connectivity index (χ1) is 10.5. The molecule has 0 unspecified atom stereocenters. The van der Waals surface area contributed by atoms with Gasteiger partial charge in [0.15, 0.2) is 17.3 Å². The molecule has 3 atom stereocenters. The first-order valence-electron chi connectivity index (χ1n) is 7.82. The second kappa shape index (κ2) is 5.70. The number of methoxy groups -OCH3 is 2. The minimum Gasteiger partial charge on any atom is -0.493 e. The highest BCUT2D eigenvalue weighted by molar-refractivity contribution is 5.47. The quantitative estimate of drug-likeness (QED) is 0.930. The van der Waals surface area contributed by atoms with Gasteiger partial charge in [0.2, 0.25) is 0 Å². The van der Waals surface area contributed by atoms with E-state index in [1.807, 2.05) is 6.07 Å². The third kappa shape index (κ3) is 2.27. The first-order valence-corrected chi connectivity index (χ1v) is 7.82. The summed E-state index contributed by atoms with van der Waals surface area (Å²) >= 11 is 0. The highest BCUT2D eigenvalue weighted by Gasteiger charge is 2.50. The lowest BCUT2D eigenvalue weighted by Gasteiger charge is -2.43. The Bertz CT molecular complexity index is 565. The molecule has 0 bridgehead atoms. The van der Waals surface area contributed by atoms with Gasteiger partial charge in [-0.2, -0.15) is 0 Å². The molecule has 0 radical (unpaired) electrons. The summed E-state index contributed by atoms with van der Waals surface area (Å²) in [4.78, 5) is 2.29. The first kappa shape index (κ1) is 15.6. The van der Waals surface area contributed by atoms with E-state index in [1.165, 1.54) is 14.2 Å². The van der Waals surface area contributed by atoms with Gasteiger partial charge in [-0.15, -0.1) is 0 Å². The molecule has 2 aliphatic rings. The molecule has 3 rings (SSSR count). The van der Waals surface area contributed by atoms with E-state index in [0.29, 0.717) is 5.75 Å². The fourth-order valence-corrected chi connectivity index (χ4v) is 4.30. The monoisotopic (exact) mass is 309 g/mol. The van der Waals surface area contributed by atoms with Crippen LogP contribution in [-0.4, -0.2) is 50.0 Å². The molecule has 1 aliphatic carbocycles. The number of hydrogen-bond acceptors (Lipinski definition) is 4. The van der Waals surface area contributed by atoms with E-state index in [0.717, 1.165) is 37.8 Å². The zero-order valence-corrected chi connectivity index (χ0v) is 13.4. The van der Waals surface area contributed by atoms with Crippen LogP contribution in [0, 0.1) is 5.82 Å². The molecular weight excluding hydrogens is 285 g/mol. The van der Waals surface area contributed by atoms with E-state index in [1.54, 1.807) is 6.07 Å². The molecule has 0 spiro atoms. The maximum Gasteiger partial charge on any atom is 0.196 e. The van der Waals surface area contributed by atoms with Crippen molar-refractivity contribution in [3.05, 3.63) is 23.5 Å². The minimum atomic E-state index is -0.384. The van der Waals surface area contributed by atoms with E-state index >= 15 is 0 Å². The number of nitrogens with zero attached hydrogens (tertiary/aromatic N) is 1. The predicted molar refractivity (Wildman–Crippen MR) is 82.1 cm³/mol. The molecule has 122 valence electrons. The molecule has 1 saturated carbocycles. The Labute approximate surface area is 130 Å². The summed E-state index contributed by atoms with van der Waals surface area (Å²) in [5.41, 5.74) is 0.859. The van der Waals surface area contributed by atoms with Crippen LogP contribution in [-0.2, 0) is 5.41 Å². The normalized spacial score (nSPS) is 31.9. The maximum absolute atomic E-state index is 14.4. The van der Waals surface area contributed by atoms with Gasteiger partial charge in [-0.1, -0.05) is 0 Å². The van der Waals surface area contributed by atoms with Crippen LogP contribution >= 0.6 is 0 Å². The number of hydrogen-bond donors (Lipinski definition) is 1. The number of halogens is 1. The van der Waals surface area contributed by atoms with E-state index in [9.17, 15) is 9.50 Å². The largest absolute Gasteiger partial charge is 0.493 e. The number of fused-ring (bicyclic) bond motifs is 1. The number of rotatable bonds is 3. The lowest BCUT2D eigenvalue weighted by molar-refractivity contribution is 0.0565. The average molecular weight is 309 g/mol. The Morgan fingerprint density at radius 1 is 1.27 bits per heavy atom. The Kier molecular flexibility index (Phi) is 4.03. The summed E-state index contributed by atoms with van der Waals surface area (Å²) in [6.45, 7) is 0.966. The summed E-state index contributed by atoms with van der Waals surface area (Å²) in [6.07, 6.45) is 3.10. The smallest absolute Gasteiger partial charge is 0.196 e. The van der Waals surface area contributed by atoms with Gasteiger partial charge < -0.3 is 19.5 Å². The van der Waals surface area contributed by atoms with Gasteiger partial charge in [0.1, 0.15) is 0 Å². The molecule has 1 saturated heterocycles. The zero-order valence-electron chi connectivity index (χ0n) is 13.4. The highest BCUT2D eigenvalue weighted by Crippen LogP contribution is 2.50. The average Bonchev–Trinajstić information content (AvgIpc) is 2.84. The second-order valence-electron chi connectivity index (χ2n) is 6.52. The van der Waals surface area contributed by atoms with Crippen LogP contribution in [0.2, 0.25) is 0 Å². The van der Waals surface area contributed by atoms with E-state index in [4.69, 9.17) is 9.47 Å². The Morgan fingerprint density at radius 2 is 2.05 bits per heavy atom. The Hall–Kier alpha value is -1.33. The molecule has 4 nitrogen and oxygen atoms in total. The maximum atomic E-state index is 14.4. The van der Waals surface area contributed by atoms with Crippen LogP contribution in [0.3, 0.4) is 0 Å². The summed E-state index contributed by atoms with van der Waals surface area (Å²) in [7, 11) is 5.06. The molecule has 0 aromatic heterocycles. The number of likely N-dealkylation sites (tertiary alicyclic amines) is 1. The van der Waals surface area contributed by atoms with Crippen molar-refractivity contribution in [2.24, 2.45) is 0 Å². The number of likely N-dealkylation sites (N-methyl/N-ethyl adjacent to an activating group) is 1. The van der Waals surface area contributed by atoms with Crippen LogP contribution < -0.4 is 9.47 Å². The van der Waals surface area contributed by atoms with Gasteiger partial charge in [0.25, 0.3) is 0 Å². The Balaban J connectivity index is 2.07. The van der Waals surface area contributed by atoms with Gasteiger partial charge in [-0.05, 0) is 57.0 Å². The topological polar surface area (TPSA) is 41.9 Å². The standard InChI is InChI=1S/C17H24FNO3/c1-19-7-6-17(5-4-12(20)10-15(17)19)11-8-13(18)16(22-3)14(9-11)21-2/h8-9,12,15,20H,4-7,10H2,1-3H3/t12-,15+,17+/m1/s1. The van der Waals surface area contributed by atoms with E-state index in [-0.39, 0.29) is 29.1 Å². The number of ether oxygens (including phenoxy) is 2. The van der Waals surface area contributed by atoms with Gasteiger partial charge in [-0.3, -0.25) is 0 Å². The van der Waals surface area contributed by atoms with Crippen LogP contribution in [0.5, 0.6) is 11.5 Å².